The van der Waals surface area contributed by atoms with Gasteiger partial charge in [-0.15, -0.1) is 0 Å². The number of alkyl halides is 1. The molecule has 0 radical (unpaired) electrons. The Hall–Kier alpha value is -0.0200. The van der Waals surface area contributed by atoms with E-state index in [1.54, 1.807) is 0 Å². The Labute approximate surface area is 138 Å². The van der Waals surface area contributed by atoms with E-state index >= 15 is 0 Å². The Bertz CT molecular complexity index is 466. The molecule has 3 heteroatoms. The van der Waals surface area contributed by atoms with E-state index in [1.807, 2.05) is 0 Å². The van der Waals surface area contributed by atoms with E-state index in [0.29, 0.717) is 4.83 Å². The molecule has 1 atom stereocenters. The van der Waals surface area contributed by atoms with Gasteiger partial charge in [0.25, 0.3) is 0 Å². The molecule has 0 amide bonds. The SMILES string of the molecule is Brc1cc2c(c(C(Br)CCC3CCCCC3)c1)OCC2. The fourth-order valence-corrected chi connectivity index (χ4v) is 4.67. The van der Waals surface area contributed by atoms with Crippen molar-refractivity contribution in [2.24, 2.45) is 5.92 Å². The molecule has 0 spiro atoms. The number of hydrogen-bond donors (Lipinski definition) is 0. The summed E-state index contributed by atoms with van der Waals surface area (Å²) >= 11 is 7.54. The third-order valence-electron chi connectivity index (χ3n) is 4.67. The molecule has 1 saturated carbocycles. The Kier molecular flexibility index (Phi) is 5.09. The van der Waals surface area contributed by atoms with Crippen LogP contribution in [0.25, 0.3) is 0 Å². The Morgan fingerprint density at radius 2 is 2.00 bits per heavy atom. The van der Waals surface area contributed by atoms with Gasteiger partial charge >= 0.3 is 0 Å². The summed E-state index contributed by atoms with van der Waals surface area (Å²) in [6.45, 7) is 0.834. The molecule has 0 saturated heterocycles. The third-order valence-corrected chi connectivity index (χ3v) is 6.08. The van der Waals surface area contributed by atoms with Crippen molar-refractivity contribution >= 4 is 31.9 Å². The van der Waals surface area contributed by atoms with Crippen LogP contribution < -0.4 is 4.74 Å². The Balaban J connectivity index is 1.66. The molecule has 1 aromatic rings. The van der Waals surface area contributed by atoms with Crippen LogP contribution in [0, 0.1) is 5.92 Å². The van der Waals surface area contributed by atoms with Crippen LogP contribution in [0.5, 0.6) is 5.75 Å². The van der Waals surface area contributed by atoms with Crippen molar-refractivity contribution in [3.8, 4) is 5.75 Å². The first-order valence-corrected chi connectivity index (χ1v) is 9.54. The van der Waals surface area contributed by atoms with Gasteiger partial charge in [-0.1, -0.05) is 64.0 Å². The molecule has 110 valence electrons. The van der Waals surface area contributed by atoms with Gasteiger partial charge in [-0.05, 0) is 36.5 Å². The van der Waals surface area contributed by atoms with E-state index < -0.39 is 0 Å². The fraction of sp³-hybridized carbons (Fsp3) is 0.647. The van der Waals surface area contributed by atoms with E-state index in [0.717, 1.165) is 24.7 Å². The lowest BCUT2D eigenvalue weighted by Gasteiger charge is -2.23. The van der Waals surface area contributed by atoms with E-state index in [9.17, 15) is 0 Å². The van der Waals surface area contributed by atoms with E-state index in [4.69, 9.17) is 4.74 Å². The minimum Gasteiger partial charge on any atom is -0.493 e. The molecule has 1 aliphatic carbocycles. The van der Waals surface area contributed by atoms with Gasteiger partial charge in [0.2, 0.25) is 0 Å². The smallest absolute Gasteiger partial charge is 0.127 e. The lowest BCUT2D eigenvalue weighted by Crippen LogP contribution is -2.07. The van der Waals surface area contributed by atoms with E-state index in [2.05, 4.69) is 44.0 Å². The summed E-state index contributed by atoms with van der Waals surface area (Å²) in [7, 11) is 0. The monoisotopic (exact) mass is 400 g/mol. The molecule has 0 N–H and O–H groups in total. The molecule has 2 aliphatic rings. The molecular formula is C17H22Br2O. The number of fused-ring (bicyclic) bond motifs is 1. The molecule has 1 nitrogen and oxygen atoms in total. The molecule has 1 heterocycles. The Morgan fingerprint density at radius 3 is 2.80 bits per heavy atom. The standard InChI is InChI=1S/C17H22Br2O/c18-14-10-13-8-9-20-17(13)15(11-14)16(19)7-6-12-4-2-1-3-5-12/h10-12,16H,1-9H2. The molecule has 0 aromatic heterocycles. The summed E-state index contributed by atoms with van der Waals surface area (Å²) in [6.07, 6.45) is 10.8. The molecule has 1 unspecified atom stereocenters. The van der Waals surface area contributed by atoms with Crippen molar-refractivity contribution in [3.63, 3.8) is 0 Å². The number of halogens is 2. The van der Waals surface area contributed by atoms with Crippen LogP contribution in [0.1, 0.15) is 60.9 Å². The fourth-order valence-electron chi connectivity index (χ4n) is 3.54. The van der Waals surface area contributed by atoms with Gasteiger partial charge in [-0.2, -0.15) is 0 Å². The summed E-state index contributed by atoms with van der Waals surface area (Å²) < 4.78 is 7.03. The van der Waals surface area contributed by atoms with Crippen LogP contribution in [-0.2, 0) is 6.42 Å². The van der Waals surface area contributed by atoms with Crippen molar-refractivity contribution in [1.82, 2.24) is 0 Å². The average Bonchev–Trinajstić information content (AvgIpc) is 2.93. The van der Waals surface area contributed by atoms with Gasteiger partial charge in [0.05, 0.1) is 6.61 Å². The van der Waals surface area contributed by atoms with Crippen LogP contribution in [0.4, 0.5) is 0 Å². The van der Waals surface area contributed by atoms with Gasteiger partial charge in [0.1, 0.15) is 5.75 Å². The van der Waals surface area contributed by atoms with Crippen molar-refractivity contribution in [2.75, 3.05) is 6.61 Å². The predicted molar refractivity (Wildman–Crippen MR) is 90.8 cm³/mol. The number of ether oxygens (including phenoxy) is 1. The minimum atomic E-state index is 0.425. The topological polar surface area (TPSA) is 9.23 Å². The largest absolute Gasteiger partial charge is 0.493 e. The van der Waals surface area contributed by atoms with Gasteiger partial charge in [-0.3, -0.25) is 0 Å². The first-order chi connectivity index (χ1) is 9.74. The van der Waals surface area contributed by atoms with Gasteiger partial charge < -0.3 is 4.74 Å². The average molecular weight is 402 g/mol. The number of hydrogen-bond acceptors (Lipinski definition) is 1. The predicted octanol–water partition coefficient (Wildman–Crippen LogP) is 6.18. The highest BCUT2D eigenvalue weighted by Crippen LogP contribution is 2.42. The van der Waals surface area contributed by atoms with Crippen LogP contribution in [0.3, 0.4) is 0 Å². The van der Waals surface area contributed by atoms with Gasteiger partial charge in [-0.25, -0.2) is 0 Å². The maximum atomic E-state index is 5.85. The lowest BCUT2D eigenvalue weighted by molar-refractivity contribution is 0.329. The second kappa shape index (κ2) is 6.83. The minimum absolute atomic E-state index is 0.425. The summed E-state index contributed by atoms with van der Waals surface area (Å²) in [4.78, 5) is 0.425. The van der Waals surface area contributed by atoms with Crippen LogP contribution in [-0.4, -0.2) is 6.61 Å². The highest BCUT2D eigenvalue weighted by Gasteiger charge is 2.23. The molecule has 1 aromatic carbocycles. The number of rotatable bonds is 4. The normalized spacial score (nSPS) is 20.5. The lowest BCUT2D eigenvalue weighted by atomic mass is 9.85. The van der Waals surface area contributed by atoms with Crippen molar-refractivity contribution < 1.29 is 4.74 Å². The molecule has 20 heavy (non-hydrogen) atoms. The first kappa shape index (κ1) is 14.9. The summed E-state index contributed by atoms with van der Waals surface area (Å²) in [5.41, 5.74) is 2.69. The van der Waals surface area contributed by atoms with Crippen LogP contribution in [0.15, 0.2) is 16.6 Å². The van der Waals surface area contributed by atoms with E-state index in [1.165, 1.54) is 60.5 Å². The van der Waals surface area contributed by atoms with Crippen molar-refractivity contribution in [3.05, 3.63) is 27.7 Å². The third kappa shape index (κ3) is 3.41. The highest BCUT2D eigenvalue weighted by molar-refractivity contribution is 9.10. The van der Waals surface area contributed by atoms with E-state index in [-0.39, 0.29) is 0 Å². The summed E-state index contributed by atoms with van der Waals surface area (Å²) in [6, 6.07) is 4.43. The van der Waals surface area contributed by atoms with Crippen LogP contribution >= 0.6 is 31.9 Å². The second-order valence-electron chi connectivity index (χ2n) is 6.13. The Morgan fingerprint density at radius 1 is 1.20 bits per heavy atom. The summed E-state index contributed by atoms with van der Waals surface area (Å²) in [5.74, 6) is 2.09. The molecular weight excluding hydrogens is 380 g/mol. The van der Waals surface area contributed by atoms with Crippen molar-refractivity contribution in [1.29, 1.82) is 0 Å². The maximum Gasteiger partial charge on any atom is 0.127 e. The van der Waals surface area contributed by atoms with Gasteiger partial charge in [0.15, 0.2) is 0 Å². The second-order valence-corrected chi connectivity index (χ2v) is 8.15. The zero-order valence-electron chi connectivity index (χ0n) is 11.8. The summed E-state index contributed by atoms with van der Waals surface area (Å²) in [5, 5.41) is 0. The molecule has 1 aliphatic heterocycles. The zero-order chi connectivity index (χ0) is 13.9. The quantitative estimate of drug-likeness (QED) is 0.547. The first-order valence-electron chi connectivity index (χ1n) is 7.83. The highest BCUT2D eigenvalue weighted by atomic mass is 79.9. The molecule has 1 fully saturated rings. The molecule has 3 rings (SSSR count). The maximum absolute atomic E-state index is 5.85. The number of benzene rings is 1. The zero-order valence-corrected chi connectivity index (χ0v) is 15.0. The van der Waals surface area contributed by atoms with Crippen LogP contribution in [0.2, 0.25) is 0 Å². The van der Waals surface area contributed by atoms with Crippen molar-refractivity contribution in [2.45, 2.75) is 56.2 Å². The van der Waals surface area contributed by atoms with Gasteiger partial charge in [0, 0.05) is 21.3 Å². The molecule has 0 bridgehead atoms.